The quantitative estimate of drug-likeness (QED) is 0.612. The summed E-state index contributed by atoms with van der Waals surface area (Å²) in [5.41, 5.74) is 1.48. The van der Waals surface area contributed by atoms with Crippen LogP contribution in [0, 0.1) is 0 Å². The van der Waals surface area contributed by atoms with Crippen molar-refractivity contribution in [2.24, 2.45) is 4.99 Å². The van der Waals surface area contributed by atoms with Gasteiger partial charge in [-0.2, -0.15) is 0 Å². The molecule has 0 amide bonds. The minimum atomic E-state index is -0.535. The number of rotatable bonds is 3. The number of carbonyl (C=O) groups excluding carboxylic acids is 1. The van der Waals surface area contributed by atoms with Crippen molar-refractivity contribution in [3.63, 3.8) is 0 Å². The van der Waals surface area contributed by atoms with Gasteiger partial charge in [0.1, 0.15) is 5.75 Å². The number of halogens is 2. The summed E-state index contributed by atoms with van der Waals surface area (Å²) < 4.78 is 10.3. The van der Waals surface area contributed by atoms with E-state index in [1.807, 2.05) is 12.1 Å². The Morgan fingerprint density at radius 2 is 1.87 bits per heavy atom. The number of benzene rings is 2. The van der Waals surface area contributed by atoms with Gasteiger partial charge >= 0.3 is 5.97 Å². The molecule has 0 bridgehead atoms. The Morgan fingerprint density at radius 3 is 2.57 bits per heavy atom. The van der Waals surface area contributed by atoms with Gasteiger partial charge in [0.2, 0.25) is 5.90 Å². The van der Waals surface area contributed by atoms with Crippen LogP contribution in [0.25, 0.3) is 6.08 Å². The number of hydrogen-bond acceptors (Lipinski definition) is 4. The van der Waals surface area contributed by atoms with Crippen molar-refractivity contribution >= 4 is 41.1 Å². The van der Waals surface area contributed by atoms with Crippen molar-refractivity contribution in [3.8, 4) is 5.75 Å². The first-order valence-corrected chi connectivity index (χ1v) is 7.45. The number of methoxy groups -OCH3 is 1. The highest BCUT2D eigenvalue weighted by atomic mass is 35.5. The summed E-state index contributed by atoms with van der Waals surface area (Å²) >= 11 is 12.1. The summed E-state index contributed by atoms with van der Waals surface area (Å²) in [4.78, 5) is 16.2. The molecule has 0 fully saturated rings. The van der Waals surface area contributed by atoms with Crippen LogP contribution in [0.1, 0.15) is 11.1 Å². The van der Waals surface area contributed by atoms with E-state index >= 15 is 0 Å². The molecule has 3 rings (SSSR count). The molecule has 0 saturated heterocycles. The molecule has 6 heteroatoms. The van der Waals surface area contributed by atoms with Crippen molar-refractivity contribution in [2.45, 2.75) is 0 Å². The fourth-order valence-corrected chi connectivity index (χ4v) is 2.43. The molecule has 0 saturated carbocycles. The molecule has 2 aromatic rings. The molecule has 1 aliphatic heterocycles. The minimum Gasteiger partial charge on any atom is -0.497 e. The molecule has 0 aromatic heterocycles. The molecule has 1 heterocycles. The van der Waals surface area contributed by atoms with Crippen LogP contribution in [-0.4, -0.2) is 19.0 Å². The van der Waals surface area contributed by atoms with Crippen LogP contribution in [0.15, 0.2) is 53.2 Å². The summed E-state index contributed by atoms with van der Waals surface area (Å²) in [6.07, 6.45) is 1.63. The SMILES string of the molecule is COc1ccc(C=C2N=C(c3cccc(Cl)c3Cl)OC2=O)cc1. The largest absolute Gasteiger partial charge is 0.497 e. The molecule has 23 heavy (non-hydrogen) atoms. The Kier molecular flexibility index (Phi) is 4.37. The van der Waals surface area contributed by atoms with E-state index in [9.17, 15) is 4.79 Å². The monoisotopic (exact) mass is 347 g/mol. The zero-order valence-electron chi connectivity index (χ0n) is 12.0. The Balaban J connectivity index is 1.94. The van der Waals surface area contributed by atoms with Crippen LogP contribution in [0.5, 0.6) is 5.75 Å². The zero-order chi connectivity index (χ0) is 16.4. The van der Waals surface area contributed by atoms with Crippen LogP contribution in [0.4, 0.5) is 0 Å². The van der Waals surface area contributed by atoms with Gasteiger partial charge in [-0.05, 0) is 35.9 Å². The average Bonchev–Trinajstić information content (AvgIpc) is 2.91. The second kappa shape index (κ2) is 6.44. The van der Waals surface area contributed by atoms with Crippen molar-refractivity contribution in [3.05, 3.63) is 69.3 Å². The van der Waals surface area contributed by atoms with Gasteiger partial charge in [0.15, 0.2) is 5.70 Å². The van der Waals surface area contributed by atoms with Gasteiger partial charge < -0.3 is 9.47 Å². The first-order valence-electron chi connectivity index (χ1n) is 6.69. The van der Waals surface area contributed by atoms with Crippen LogP contribution in [-0.2, 0) is 9.53 Å². The number of esters is 1. The Bertz CT molecular complexity index is 826. The van der Waals surface area contributed by atoms with Crippen molar-refractivity contribution in [2.75, 3.05) is 7.11 Å². The van der Waals surface area contributed by atoms with Crippen LogP contribution in [0.2, 0.25) is 10.0 Å². The predicted octanol–water partition coefficient (Wildman–Crippen LogP) is 4.35. The molecular weight excluding hydrogens is 337 g/mol. The van der Waals surface area contributed by atoms with Crippen molar-refractivity contribution in [1.29, 1.82) is 0 Å². The summed E-state index contributed by atoms with van der Waals surface area (Å²) in [6.45, 7) is 0. The maximum atomic E-state index is 12.0. The fraction of sp³-hybridized carbons (Fsp3) is 0.0588. The molecule has 0 aliphatic carbocycles. The van der Waals surface area contributed by atoms with E-state index in [2.05, 4.69) is 4.99 Å². The second-order valence-corrected chi connectivity index (χ2v) is 5.50. The summed E-state index contributed by atoms with van der Waals surface area (Å²) in [6, 6.07) is 12.3. The minimum absolute atomic E-state index is 0.141. The topological polar surface area (TPSA) is 47.9 Å². The lowest BCUT2D eigenvalue weighted by Gasteiger charge is -2.03. The zero-order valence-corrected chi connectivity index (χ0v) is 13.6. The molecule has 0 spiro atoms. The van der Waals surface area contributed by atoms with Gasteiger partial charge in [0.05, 0.1) is 22.7 Å². The second-order valence-electron chi connectivity index (χ2n) is 4.71. The lowest BCUT2D eigenvalue weighted by Crippen LogP contribution is -2.06. The first-order chi connectivity index (χ1) is 11.1. The number of aliphatic imine (C=N–C) groups is 1. The third-order valence-electron chi connectivity index (χ3n) is 3.22. The van der Waals surface area contributed by atoms with E-state index in [0.29, 0.717) is 15.6 Å². The number of hydrogen-bond donors (Lipinski definition) is 0. The molecule has 0 unspecified atom stereocenters. The van der Waals surface area contributed by atoms with Crippen LogP contribution in [0.3, 0.4) is 0 Å². The highest BCUT2D eigenvalue weighted by Crippen LogP contribution is 2.29. The van der Waals surface area contributed by atoms with Crippen molar-refractivity contribution in [1.82, 2.24) is 0 Å². The van der Waals surface area contributed by atoms with Gasteiger partial charge in [-0.3, -0.25) is 0 Å². The van der Waals surface area contributed by atoms with Gasteiger partial charge in [-0.15, -0.1) is 0 Å². The third kappa shape index (κ3) is 3.23. The summed E-state index contributed by atoms with van der Waals surface area (Å²) in [5.74, 6) is 0.338. The Hall–Kier alpha value is -2.30. The van der Waals surface area contributed by atoms with Gasteiger partial charge in [0.25, 0.3) is 0 Å². The third-order valence-corrected chi connectivity index (χ3v) is 4.04. The Morgan fingerprint density at radius 1 is 1.13 bits per heavy atom. The average molecular weight is 348 g/mol. The van der Waals surface area contributed by atoms with E-state index < -0.39 is 5.97 Å². The molecule has 1 aliphatic rings. The maximum Gasteiger partial charge on any atom is 0.363 e. The highest BCUT2D eigenvalue weighted by Gasteiger charge is 2.26. The van der Waals surface area contributed by atoms with E-state index in [1.54, 1.807) is 43.5 Å². The summed E-state index contributed by atoms with van der Waals surface area (Å²) in [7, 11) is 1.59. The van der Waals surface area contributed by atoms with E-state index in [1.165, 1.54) is 0 Å². The first kappa shape index (κ1) is 15.6. The normalized spacial score (nSPS) is 15.5. The molecule has 0 radical (unpaired) electrons. The van der Waals surface area contributed by atoms with Crippen molar-refractivity contribution < 1.29 is 14.3 Å². The number of nitrogens with zero attached hydrogens (tertiary/aromatic N) is 1. The molecule has 4 nitrogen and oxygen atoms in total. The van der Waals surface area contributed by atoms with Crippen LogP contribution >= 0.6 is 23.2 Å². The van der Waals surface area contributed by atoms with Gasteiger partial charge in [-0.1, -0.05) is 41.4 Å². The van der Waals surface area contributed by atoms with Gasteiger partial charge in [-0.25, -0.2) is 9.79 Å². The highest BCUT2D eigenvalue weighted by molar-refractivity contribution is 6.44. The van der Waals surface area contributed by atoms with Crippen LogP contribution < -0.4 is 4.74 Å². The summed E-state index contributed by atoms with van der Waals surface area (Å²) in [5, 5.41) is 0.668. The number of ether oxygens (including phenoxy) is 2. The predicted molar refractivity (Wildman–Crippen MR) is 90.1 cm³/mol. The molecular formula is C17H11Cl2NO3. The standard InChI is InChI=1S/C17H11Cl2NO3/c1-22-11-7-5-10(6-8-11)9-14-17(21)23-16(20-14)12-3-2-4-13(18)15(12)19/h2-9H,1H3. The van der Waals surface area contributed by atoms with E-state index in [-0.39, 0.29) is 11.6 Å². The van der Waals surface area contributed by atoms with E-state index in [0.717, 1.165) is 11.3 Å². The molecule has 2 aromatic carbocycles. The lowest BCUT2D eigenvalue weighted by molar-refractivity contribution is -0.129. The smallest absolute Gasteiger partial charge is 0.363 e. The maximum absolute atomic E-state index is 12.0. The number of cyclic esters (lactones) is 1. The Labute approximate surface area is 143 Å². The molecule has 116 valence electrons. The number of carbonyl (C=O) groups is 1. The fourth-order valence-electron chi connectivity index (χ4n) is 2.05. The van der Waals surface area contributed by atoms with E-state index in [4.69, 9.17) is 32.7 Å². The molecule has 0 atom stereocenters. The molecule has 0 N–H and O–H groups in total. The van der Waals surface area contributed by atoms with Gasteiger partial charge in [0, 0.05) is 0 Å². The lowest BCUT2D eigenvalue weighted by atomic mass is 10.2.